The molecule has 0 spiro atoms. The van der Waals surface area contributed by atoms with Crippen molar-refractivity contribution in [1.82, 2.24) is 0 Å². The first kappa shape index (κ1) is 4.67. The second kappa shape index (κ2) is 3.67. The highest BCUT2D eigenvalue weighted by molar-refractivity contribution is 5.12. The van der Waals surface area contributed by atoms with Crippen LogP contribution in [0, 0.1) is 0 Å². The maximum atomic E-state index is 4.44. The Hall–Kier alpha value is -0.330. The van der Waals surface area contributed by atoms with Crippen molar-refractivity contribution in [2.75, 3.05) is 6.61 Å². The molecule has 0 atom stereocenters. The van der Waals surface area contributed by atoms with Gasteiger partial charge in [-0.15, -0.1) is 0 Å². The van der Waals surface area contributed by atoms with E-state index in [9.17, 15) is 0 Å². The van der Waals surface area contributed by atoms with Crippen molar-refractivity contribution in [2.45, 2.75) is 13.3 Å². The monoisotopic (exact) mass is 73.1 g/mol. The van der Waals surface area contributed by atoms with Crippen molar-refractivity contribution >= 4 is 6.79 Å². The fourth-order valence-corrected chi connectivity index (χ4v) is 0.144. The van der Waals surface area contributed by atoms with Crippen LogP contribution >= 0.6 is 0 Å². The molecule has 0 heterocycles. The van der Waals surface area contributed by atoms with Gasteiger partial charge in [-0.05, 0) is 0 Å². The van der Waals surface area contributed by atoms with E-state index < -0.39 is 0 Å². The van der Waals surface area contributed by atoms with Gasteiger partial charge in [-0.1, -0.05) is 6.92 Å². The van der Waals surface area contributed by atoms with Crippen molar-refractivity contribution in [3.05, 3.63) is 0 Å². The Balaban J connectivity index is 2.40. The summed E-state index contributed by atoms with van der Waals surface area (Å²) in [6.45, 7) is 6.00. The minimum Gasteiger partial charge on any atom is -0.270 e. The van der Waals surface area contributed by atoms with Crippen molar-refractivity contribution in [1.29, 1.82) is 0 Å². The number of hydrogen-bond acceptors (Lipinski definition) is 0. The van der Waals surface area contributed by atoms with E-state index >= 15 is 0 Å². The molecule has 5 heavy (non-hydrogen) atoms. The van der Waals surface area contributed by atoms with Crippen LogP contribution in [-0.4, -0.2) is 13.4 Å². The van der Waals surface area contributed by atoms with Gasteiger partial charge in [0.2, 0.25) is 0 Å². The highest BCUT2D eigenvalue weighted by atomic mass is 16.4. The van der Waals surface area contributed by atoms with Crippen LogP contribution in [0.4, 0.5) is 0 Å². The molecular weight excluding hydrogens is 64.0 g/mol. The van der Waals surface area contributed by atoms with Gasteiger partial charge in [-0.25, -0.2) is 0 Å². The van der Waals surface area contributed by atoms with Gasteiger partial charge in [-0.3, -0.25) is 4.42 Å². The first-order valence-corrected chi connectivity index (χ1v) is 1.78. The average molecular weight is 73.1 g/mol. The van der Waals surface area contributed by atoms with Crippen LogP contribution in [0.1, 0.15) is 13.3 Å². The minimum absolute atomic E-state index is 0.778. The van der Waals surface area contributed by atoms with Gasteiger partial charge < -0.3 is 0 Å². The van der Waals surface area contributed by atoms with E-state index in [0.29, 0.717) is 0 Å². The molecule has 0 aromatic rings. The topological polar surface area (TPSA) is 11.3 Å². The Kier molecular flexibility index (Phi) is 3.43. The Labute approximate surface area is 32.3 Å². The molecule has 0 unspecified atom stereocenters. The molecule has 0 saturated heterocycles. The van der Waals surface area contributed by atoms with Crippen LogP contribution in [0.25, 0.3) is 0 Å². The molecule has 1 heteroatoms. The largest absolute Gasteiger partial charge is 0.273 e. The molecule has 0 rings (SSSR count). The zero-order chi connectivity index (χ0) is 4.12. The SMILES string of the molecule is C=[O+]CCC. The maximum Gasteiger partial charge on any atom is 0.273 e. The second-order valence-electron chi connectivity index (χ2n) is 0.908. The third-order valence-electron chi connectivity index (χ3n) is 0.348. The van der Waals surface area contributed by atoms with E-state index in [0.717, 1.165) is 13.0 Å². The Bertz CT molecular complexity index is 24.8. The second-order valence-corrected chi connectivity index (χ2v) is 0.908. The minimum atomic E-state index is 0.778. The number of carbonyl (C=O) groups excluding carboxylic acids is 1. The summed E-state index contributed by atoms with van der Waals surface area (Å²) in [4.78, 5) is 0. The van der Waals surface area contributed by atoms with Gasteiger partial charge >= 0.3 is 0 Å². The molecule has 0 aromatic heterocycles. The summed E-state index contributed by atoms with van der Waals surface area (Å²) < 4.78 is 4.44. The molecule has 0 saturated carbocycles. The van der Waals surface area contributed by atoms with Crippen molar-refractivity contribution in [3.63, 3.8) is 0 Å². The quantitative estimate of drug-likeness (QED) is 0.427. The van der Waals surface area contributed by atoms with E-state index in [-0.39, 0.29) is 0 Å². The lowest BCUT2D eigenvalue weighted by Gasteiger charge is -1.63. The fourth-order valence-electron chi connectivity index (χ4n) is 0.144. The van der Waals surface area contributed by atoms with E-state index in [1.54, 1.807) is 0 Å². The van der Waals surface area contributed by atoms with Gasteiger partial charge in [-0.2, -0.15) is 0 Å². The Morgan fingerprint density at radius 2 is 2.40 bits per heavy atom. The zero-order valence-corrected chi connectivity index (χ0v) is 3.53. The molecule has 0 amide bonds. The molecule has 0 fully saturated rings. The van der Waals surface area contributed by atoms with E-state index in [1.807, 2.05) is 6.92 Å². The molecular formula is C4H9O+. The lowest BCUT2D eigenvalue weighted by molar-refractivity contribution is -0.446. The molecule has 0 aromatic carbocycles. The fraction of sp³-hybridized carbons (Fsp3) is 0.750. The molecule has 0 aliphatic carbocycles. The smallest absolute Gasteiger partial charge is 0.270 e. The molecule has 0 aliphatic rings. The first-order chi connectivity index (χ1) is 2.41. The first-order valence-electron chi connectivity index (χ1n) is 1.78. The molecule has 0 bridgehead atoms. The zero-order valence-electron chi connectivity index (χ0n) is 3.53. The van der Waals surface area contributed by atoms with Crippen LogP contribution in [0.15, 0.2) is 0 Å². The summed E-state index contributed by atoms with van der Waals surface area (Å²) in [5.41, 5.74) is 0. The Morgan fingerprint density at radius 1 is 1.80 bits per heavy atom. The lowest BCUT2D eigenvalue weighted by atomic mass is 10.5. The molecule has 0 N–H and O–H groups in total. The van der Waals surface area contributed by atoms with Gasteiger partial charge in [0.15, 0.2) is 0 Å². The van der Waals surface area contributed by atoms with Crippen LogP contribution in [-0.2, 0) is 4.42 Å². The van der Waals surface area contributed by atoms with Crippen LogP contribution < -0.4 is 0 Å². The molecule has 1 nitrogen and oxygen atoms in total. The van der Waals surface area contributed by atoms with Gasteiger partial charge in [0, 0.05) is 6.42 Å². The summed E-state index contributed by atoms with van der Waals surface area (Å²) in [6, 6.07) is 0. The summed E-state index contributed by atoms with van der Waals surface area (Å²) in [5.74, 6) is 0. The van der Waals surface area contributed by atoms with Gasteiger partial charge in [0.05, 0.1) is 0 Å². The average Bonchev–Trinajstić information content (AvgIpc) is 1.41. The van der Waals surface area contributed by atoms with Crippen molar-refractivity contribution < 1.29 is 4.42 Å². The Morgan fingerprint density at radius 3 is 2.40 bits per heavy atom. The predicted octanol–water partition coefficient (Wildman–Crippen LogP) is 0.761. The lowest BCUT2D eigenvalue weighted by Crippen LogP contribution is -1.74. The van der Waals surface area contributed by atoms with Crippen LogP contribution in [0.2, 0.25) is 0 Å². The van der Waals surface area contributed by atoms with Crippen LogP contribution in [0.5, 0.6) is 0 Å². The van der Waals surface area contributed by atoms with E-state index in [4.69, 9.17) is 0 Å². The summed E-state index contributed by atoms with van der Waals surface area (Å²) >= 11 is 0. The normalized spacial score (nSPS) is 7.40. The summed E-state index contributed by atoms with van der Waals surface area (Å²) in [6.07, 6.45) is 1.06. The van der Waals surface area contributed by atoms with Crippen molar-refractivity contribution in [2.24, 2.45) is 0 Å². The highest BCUT2D eigenvalue weighted by Gasteiger charge is 1.74. The predicted molar refractivity (Wildman–Crippen MR) is 22.3 cm³/mol. The third kappa shape index (κ3) is 3.67. The highest BCUT2D eigenvalue weighted by Crippen LogP contribution is 1.65. The van der Waals surface area contributed by atoms with Crippen LogP contribution in [0.3, 0.4) is 0 Å². The third-order valence-corrected chi connectivity index (χ3v) is 0.348. The van der Waals surface area contributed by atoms with Crippen molar-refractivity contribution in [3.8, 4) is 0 Å². The maximum absolute atomic E-state index is 4.44. The van der Waals surface area contributed by atoms with Gasteiger partial charge in [0.1, 0.15) is 0 Å². The standard InChI is InChI=1S/C4H9O/c1-3-4-5-2/h2-4H2,1H3/q+1. The summed E-state index contributed by atoms with van der Waals surface area (Å²) in [5, 5.41) is 0. The van der Waals surface area contributed by atoms with E-state index in [2.05, 4.69) is 11.2 Å². The summed E-state index contributed by atoms with van der Waals surface area (Å²) in [7, 11) is 0. The molecule has 0 radical (unpaired) electrons. The van der Waals surface area contributed by atoms with Gasteiger partial charge in [0.25, 0.3) is 13.4 Å². The van der Waals surface area contributed by atoms with E-state index in [1.165, 1.54) is 0 Å². The number of hydrogen-bond donors (Lipinski definition) is 0. The molecule has 0 aliphatic heterocycles. The molecule has 30 valence electrons. The number of rotatable bonds is 2.